The van der Waals surface area contributed by atoms with E-state index >= 15 is 0 Å². The molecule has 1 fully saturated rings. The van der Waals surface area contributed by atoms with Gasteiger partial charge in [0.2, 0.25) is 0 Å². The molecule has 0 aromatic rings. The van der Waals surface area contributed by atoms with Gasteiger partial charge in [0.05, 0.1) is 19.1 Å². The van der Waals surface area contributed by atoms with E-state index < -0.39 is 5.41 Å². The fourth-order valence-electron chi connectivity index (χ4n) is 2.40. The molecule has 5 heteroatoms. The molecule has 0 amide bonds. The summed E-state index contributed by atoms with van der Waals surface area (Å²) in [5.74, 6) is -0.297. The summed E-state index contributed by atoms with van der Waals surface area (Å²) in [6, 6.07) is -0.320. The molecule has 0 aliphatic carbocycles. The van der Waals surface area contributed by atoms with Gasteiger partial charge in [-0.3, -0.25) is 14.5 Å². The average molecular weight is 257 g/mol. The molecule has 0 spiro atoms. The van der Waals surface area contributed by atoms with E-state index in [1.165, 1.54) is 7.11 Å². The Bertz CT molecular complexity index is 331. The van der Waals surface area contributed by atoms with E-state index in [0.29, 0.717) is 19.7 Å². The summed E-state index contributed by atoms with van der Waals surface area (Å²) in [7, 11) is 1.40. The Labute approximate surface area is 108 Å². The highest BCUT2D eigenvalue weighted by molar-refractivity contribution is 5.78. The molecular weight excluding hydrogens is 234 g/mol. The maximum Gasteiger partial charge on any atom is 0.323 e. The van der Waals surface area contributed by atoms with Crippen molar-refractivity contribution in [3.8, 4) is 0 Å². The molecule has 18 heavy (non-hydrogen) atoms. The van der Waals surface area contributed by atoms with Crippen LogP contribution in [-0.2, 0) is 19.1 Å². The first-order valence-electron chi connectivity index (χ1n) is 6.36. The number of carbonyl (C=O) groups is 2. The van der Waals surface area contributed by atoms with Gasteiger partial charge in [-0.25, -0.2) is 0 Å². The smallest absolute Gasteiger partial charge is 0.323 e. The molecule has 1 rings (SSSR count). The molecule has 0 unspecified atom stereocenters. The molecule has 0 N–H and O–H groups in total. The summed E-state index contributed by atoms with van der Waals surface area (Å²) >= 11 is 0. The lowest BCUT2D eigenvalue weighted by molar-refractivity contribution is -0.154. The van der Waals surface area contributed by atoms with Crippen molar-refractivity contribution in [3.63, 3.8) is 0 Å². The molecule has 5 nitrogen and oxygen atoms in total. The Morgan fingerprint density at radius 3 is 2.61 bits per heavy atom. The summed E-state index contributed by atoms with van der Waals surface area (Å²) in [6.07, 6.45) is 0. The van der Waals surface area contributed by atoms with Crippen molar-refractivity contribution in [3.05, 3.63) is 0 Å². The third-order valence-corrected chi connectivity index (χ3v) is 3.95. The molecule has 1 saturated heterocycles. The summed E-state index contributed by atoms with van der Waals surface area (Å²) in [4.78, 5) is 25.5. The Morgan fingerprint density at radius 2 is 2.11 bits per heavy atom. The van der Waals surface area contributed by atoms with Crippen LogP contribution in [0.4, 0.5) is 0 Å². The standard InChI is InChI=1S/C13H23NO4/c1-6-18-11(15)10(3)14-7-9(2)13(4,8-14)12(16)17-5/h9-10H,6-8H2,1-5H3/t9-,10+,13-/m1/s1. The Balaban J connectivity index is 2.74. The molecule has 104 valence electrons. The van der Waals surface area contributed by atoms with Gasteiger partial charge in [0.15, 0.2) is 0 Å². The second-order valence-corrected chi connectivity index (χ2v) is 5.17. The highest BCUT2D eigenvalue weighted by Gasteiger charge is 2.49. The topological polar surface area (TPSA) is 55.8 Å². The number of rotatable bonds is 4. The van der Waals surface area contributed by atoms with Gasteiger partial charge in [-0.1, -0.05) is 6.92 Å². The average Bonchev–Trinajstić information content (AvgIpc) is 2.65. The predicted octanol–water partition coefficient (Wildman–Crippen LogP) is 1.07. The minimum atomic E-state index is -0.546. The first-order chi connectivity index (χ1) is 8.36. The van der Waals surface area contributed by atoms with Crippen molar-refractivity contribution < 1.29 is 19.1 Å². The first kappa shape index (κ1) is 15.0. The predicted molar refractivity (Wildman–Crippen MR) is 67.0 cm³/mol. The molecule has 0 aromatic carbocycles. The zero-order valence-corrected chi connectivity index (χ0v) is 11.9. The Hall–Kier alpha value is -1.10. The minimum absolute atomic E-state index is 0.154. The third-order valence-electron chi connectivity index (χ3n) is 3.95. The summed E-state index contributed by atoms with van der Waals surface area (Å²) < 4.78 is 9.87. The van der Waals surface area contributed by atoms with E-state index in [1.54, 1.807) is 6.92 Å². The monoisotopic (exact) mass is 257 g/mol. The lowest BCUT2D eigenvalue weighted by Crippen LogP contribution is -2.41. The molecule has 0 radical (unpaired) electrons. The van der Waals surface area contributed by atoms with Gasteiger partial charge in [-0.15, -0.1) is 0 Å². The van der Waals surface area contributed by atoms with Crippen LogP contribution in [0.25, 0.3) is 0 Å². The largest absolute Gasteiger partial charge is 0.469 e. The third kappa shape index (κ3) is 2.66. The van der Waals surface area contributed by atoms with Crippen LogP contribution in [-0.4, -0.2) is 49.7 Å². The van der Waals surface area contributed by atoms with Crippen molar-refractivity contribution in [1.29, 1.82) is 0 Å². The maximum atomic E-state index is 11.8. The van der Waals surface area contributed by atoms with Crippen molar-refractivity contribution in [2.24, 2.45) is 11.3 Å². The summed E-state index contributed by atoms with van der Waals surface area (Å²) in [5, 5.41) is 0. The number of hydrogen-bond acceptors (Lipinski definition) is 5. The van der Waals surface area contributed by atoms with Crippen LogP contribution in [0.15, 0.2) is 0 Å². The highest BCUT2D eigenvalue weighted by atomic mass is 16.5. The number of carbonyl (C=O) groups excluding carboxylic acids is 2. The van der Waals surface area contributed by atoms with Gasteiger partial charge in [-0.2, -0.15) is 0 Å². The molecule has 0 aromatic heterocycles. The van der Waals surface area contributed by atoms with Crippen LogP contribution in [0.1, 0.15) is 27.7 Å². The van der Waals surface area contributed by atoms with E-state index in [9.17, 15) is 9.59 Å². The highest BCUT2D eigenvalue weighted by Crippen LogP contribution is 2.37. The number of esters is 2. The van der Waals surface area contributed by atoms with Gasteiger partial charge in [-0.05, 0) is 26.7 Å². The molecule has 1 aliphatic rings. The normalized spacial score (nSPS) is 29.9. The SMILES string of the molecule is CCOC(=O)[C@H](C)N1C[C@@H](C)[C@](C)(C(=O)OC)C1. The first-order valence-corrected chi connectivity index (χ1v) is 6.36. The fourth-order valence-corrected chi connectivity index (χ4v) is 2.40. The minimum Gasteiger partial charge on any atom is -0.469 e. The Kier molecular flexibility index (Phi) is 4.73. The van der Waals surface area contributed by atoms with E-state index in [2.05, 4.69) is 0 Å². The van der Waals surface area contributed by atoms with E-state index in [0.717, 1.165) is 0 Å². The van der Waals surface area contributed by atoms with Gasteiger partial charge in [0, 0.05) is 13.1 Å². The zero-order chi connectivity index (χ0) is 13.9. The summed E-state index contributed by atoms with van der Waals surface area (Å²) in [6.45, 7) is 9.10. The second-order valence-electron chi connectivity index (χ2n) is 5.17. The van der Waals surface area contributed by atoms with Gasteiger partial charge in [0.25, 0.3) is 0 Å². The molecule has 1 heterocycles. The maximum absolute atomic E-state index is 11.8. The van der Waals surface area contributed by atoms with Crippen molar-refractivity contribution >= 4 is 11.9 Å². The van der Waals surface area contributed by atoms with Gasteiger partial charge >= 0.3 is 11.9 Å². The second kappa shape index (κ2) is 5.69. The van der Waals surface area contributed by atoms with Crippen LogP contribution in [0, 0.1) is 11.3 Å². The van der Waals surface area contributed by atoms with Crippen LogP contribution in [0.5, 0.6) is 0 Å². The molecule has 0 bridgehead atoms. The van der Waals surface area contributed by atoms with Crippen LogP contribution in [0.2, 0.25) is 0 Å². The lowest BCUT2D eigenvalue weighted by atomic mass is 9.81. The zero-order valence-electron chi connectivity index (χ0n) is 11.9. The number of ether oxygens (including phenoxy) is 2. The van der Waals surface area contributed by atoms with Crippen LogP contribution >= 0.6 is 0 Å². The number of methoxy groups -OCH3 is 1. The lowest BCUT2D eigenvalue weighted by Gasteiger charge is -2.26. The van der Waals surface area contributed by atoms with Gasteiger partial charge < -0.3 is 9.47 Å². The number of likely N-dealkylation sites (tertiary alicyclic amines) is 1. The number of hydrogen-bond donors (Lipinski definition) is 0. The molecule has 1 aliphatic heterocycles. The molecule has 0 saturated carbocycles. The quantitative estimate of drug-likeness (QED) is 0.705. The molecular formula is C13H23NO4. The van der Waals surface area contributed by atoms with Crippen LogP contribution < -0.4 is 0 Å². The van der Waals surface area contributed by atoms with Crippen molar-refractivity contribution in [1.82, 2.24) is 4.90 Å². The molecule has 3 atom stereocenters. The van der Waals surface area contributed by atoms with Crippen LogP contribution in [0.3, 0.4) is 0 Å². The van der Waals surface area contributed by atoms with E-state index in [4.69, 9.17) is 9.47 Å². The fraction of sp³-hybridized carbons (Fsp3) is 0.846. The van der Waals surface area contributed by atoms with Gasteiger partial charge in [0.1, 0.15) is 6.04 Å². The number of nitrogens with zero attached hydrogens (tertiary/aromatic N) is 1. The summed E-state index contributed by atoms with van der Waals surface area (Å²) in [5.41, 5.74) is -0.546. The van der Waals surface area contributed by atoms with E-state index in [1.807, 2.05) is 25.7 Å². The van der Waals surface area contributed by atoms with Crippen molar-refractivity contribution in [2.75, 3.05) is 26.8 Å². The van der Waals surface area contributed by atoms with Crippen molar-refractivity contribution in [2.45, 2.75) is 33.7 Å². The van der Waals surface area contributed by atoms with E-state index in [-0.39, 0.29) is 23.9 Å². The Morgan fingerprint density at radius 1 is 1.50 bits per heavy atom.